The average Bonchev–Trinajstić information content (AvgIpc) is 3.06. The maximum atomic E-state index is 12.1. The Morgan fingerprint density at radius 3 is 2.86 bits per heavy atom. The van der Waals surface area contributed by atoms with E-state index in [4.69, 9.17) is 9.47 Å². The zero-order valence-corrected chi connectivity index (χ0v) is 11.9. The van der Waals surface area contributed by atoms with Crippen LogP contribution in [-0.4, -0.2) is 39.6 Å². The second-order valence-corrected chi connectivity index (χ2v) is 5.36. The van der Waals surface area contributed by atoms with Crippen molar-refractivity contribution in [3.8, 4) is 10.8 Å². The van der Waals surface area contributed by atoms with Gasteiger partial charge in [0, 0.05) is 18.8 Å². The normalized spacial score (nSPS) is 17.6. The topological polar surface area (TPSA) is 91.3 Å². The number of esters is 2. The van der Waals surface area contributed by atoms with Crippen LogP contribution in [-0.2, 0) is 14.3 Å². The maximum Gasteiger partial charge on any atom is 0.351 e. The minimum Gasteiger partial charge on any atom is -0.463 e. The summed E-state index contributed by atoms with van der Waals surface area (Å²) in [6.07, 6.45) is 2.77. The Balaban J connectivity index is 1.81. The molecule has 3 heterocycles. The Labute approximate surface area is 124 Å². The predicted molar refractivity (Wildman–Crippen MR) is 72.7 cm³/mol. The number of carbonyl (C=O) groups is 2. The van der Waals surface area contributed by atoms with Gasteiger partial charge in [0.1, 0.15) is 4.88 Å². The molecular formula is C13H11N3O4S. The summed E-state index contributed by atoms with van der Waals surface area (Å²) in [5, 5.41) is 0.536. The van der Waals surface area contributed by atoms with E-state index in [1.54, 1.807) is 25.4 Å². The van der Waals surface area contributed by atoms with Crippen LogP contribution in [0.15, 0.2) is 18.5 Å². The van der Waals surface area contributed by atoms with Crippen molar-refractivity contribution >= 4 is 23.3 Å². The minimum absolute atomic E-state index is 0.279. The zero-order chi connectivity index (χ0) is 14.8. The van der Waals surface area contributed by atoms with Gasteiger partial charge < -0.3 is 9.47 Å². The third-order valence-corrected chi connectivity index (χ3v) is 4.01. The van der Waals surface area contributed by atoms with E-state index in [0.717, 1.165) is 11.3 Å². The molecule has 2 aromatic rings. The molecule has 1 aliphatic heterocycles. The van der Waals surface area contributed by atoms with E-state index >= 15 is 0 Å². The van der Waals surface area contributed by atoms with Crippen molar-refractivity contribution in [2.45, 2.75) is 19.4 Å². The standard InChI is InChI=1S/C13H11N3O4S/c1-7-9(13(18)20-8-3-6-19-12(8)17)21-11(16-7)10-14-4-2-5-15-10/h2,4-5,8H,3,6H2,1H3/t8-/m0/s1. The number of carbonyl (C=O) groups excluding carboxylic acids is 2. The number of aromatic nitrogens is 3. The highest BCUT2D eigenvalue weighted by Crippen LogP contribution is 2.26. The number of hydrogen-bond donors (Lipinski definition) is 0. The van der Waals surface area contributed by atoms with Crippen molar-refractivity contribution in [3.05, 3.63) is 29.0 Å². The third-order valence-electron chi connectivity index (χ3n) is 2.88. The van der Waals surface area contributed by atoms with Crippen LogP contribution in [0.3, 0.4) is 0 Å². The lowest BCUT2D eigenvalue weighted by molar-refractivity contribution is -0.145. The maximum absolute atomic E-state index is 12.1. The highest BCUT2D eigenvalue weighted by atomic mass is 32.1. The molecule has 0 aliphatic carbocycles. The predicted octanol–water partition coefficient (Wildman–Crippen LogP) is 1.38. The Morgan fingerprint density at radius 1 is 1.43 bits per heavy atom. The van der Waals surface area contributed by atoms with Crippen LogP contribution in [0.2, 0.25) is 0 Å². The van der Waals surface area contributed by atoms with Gasteiger partial charge in [-0.25, -0.2) is 24.5 Å². The first kappa shape index (κ1) is 13.6. The number of hydrogen-bond acceptors (Lipinski definition) is 8. The summed E-state index contributed by atoms with van der Waals surface area (Å²) in [6, 6.07) is 1.70. The van der Waals surface area contributed by atoms with E-state index in [9.17, 15) is 9.59 Å². The van der Waals surface area contributed by atoms with Gasteiger partial charge in [-0.05, 0) is 13.0 Å². The van der Waals surface area contributed by atoms with Crippen LogP contribution >= 0.6 is 11.3 Å². The molecule has 1 aliphatic rings. The fourth-order valence-electron chi connectivity index (χ4n) is 1.86. The van der Waals surface area contributed by atoms with Crippen LogP contribution in [0.25, 0.3) is 10.8 Å². The second kappa shape index (κ2) is 5.57. The van der Waals surface area contributed by atoms with Crippen molar-refractivity contribution in [1.29, 1.82) is 0 Å². The molecule has 1 fully saturated rings. The molecule has 0 N–H and O–H groups in total. The lowest BCUT2D eigenvalue weighted by Gasteiger charge is -2.06. The first-order valence-corrected chi connectivity index (χ1v) is 7.09. The lowest BCUT2D eigenvalue weighted by atomic mass is 10.3. The summed E-state index contributed by atoms with van der Waals surface area (Å²) in [6.45, 7) is 1.98. The van der Waals surface area contributed by atoms with Gasteiger partial charge in [0.05, 0.1) is 12.3 Å². The quantitative estimate of drug-likeness (QED) is 0.791. The Bertz CT molecular complexity index is 686. The van der Waals surface area contributed by atoms with Gasteiger partial charge in [-0.2, -0.15) is 0 Å². The monoisotopic (exact) mass is 305 g/mol. The number of rotatable bonds is 3. The molecule has 2 aromatic heterocycles. The van der Waals surface area contributed by atoms with E-state index in [2.05, 4.69) is 15.0 Å². The van der Waals surface area contributed by atoms with Gasteiger partial charge in [0.15, 0.2) is 10.8 Å². The van der Waals surface area contributed by atoms with Gasteiger partial charge in [-0.1, -0.05) is 0 Å². The Kier molecular flexibility index (Phi) is 3.61. The van der Waals surface area contributed by atoms with Gasteiger partial charge in [-0.3, -0.25) is 0 Å². The second-order valence-electron chi connectivity index (χ2n) is 4.36. The molecule has 7 nitrogen and oxygen atoms in total. The minimum atomic E-state index is -0.824. The van der Waals surface area contributed by atoms with Crippen LogP contribution in [0.4, 0.5) is 0 Å². The summed E-state index contributed by atoms with van der Waals surface area (Å²) < 4.78 is 9.91. The molecule has 1 saturated heterocycles. The highest BCUT2D eigenvalue weighted by molar-refractivity contribution is 7.16. The van der Waals surface area contributed by atoms with E-state index in [-0.39, 0.29) is 6.61 Å². The fourth-order valence-corrected chi connectivity index (χ4v) is 2.76. The van der Waals surface area contributed by atoms with Gasteiger partial charge >= 0.3 is 11.9 Å². The molecule has 0 saturated carbocycles. The van der Waals surface area contributed by atoms with Gasteiger partial charge in [-0.15, -0.1) is 11.3 Å². The van der Waals surface area contributed by atoms with Crippen LogP contribution in [0.1, 0.15) is 21.8 Å². The van der Waals surface area contributed by atoms with Crippen LogP contribution < -0.4 is 0 Å². The molecule has 3 rings (SSSR count). The number of nitrogens with zero attached hydrogens (tertiary/aromatic N) is 3. The molecule has 21 heavy (non-hydrogen) atoms. The highest BCUT2D eigenvalue weighted by Gasteiger charge is 2.31. The number of thiazole rings is 1. The van der Waals surface area contributed by atoms with Crippen LogP contribution in [0, 0.1) is 6.92 Å². The first-order valence-electron chi connectivity index (χ1n) is 6.27. The third kappa shape index (κ3) is 2.75. The molecule has 0 amide bonds. The molecule has 0 aromatic carbocycles. The Hall–Kier alpha value is -2.35. The molecule has 0 radical (unpaired) electrons. The van der Waals surface area contributed by atoms with Crippen molar-refractivity contribution in [2.24, 2.45) is 0 Å². The SMILES string of the molecule is Cc1nc(-c2ncccn2)sc1C(=O)O[C@H]1CCOC1=O. The number of ether oxygens (including phenoxy) is 2. The summed E-state index contributed by atoms with van der Waals surface area (Å²) >= 11 is 1.14. The number of cyclic esters (lactones) is 1. The average molecular weight is 305 g/mol. The molecule has 108 valence electrons. The largest absolute Gasteiger partial charge is 0.463 e. The first-order chi connectivity index (χ1) is 10.1. The van der Waals surface area contributed by atoms with Crippen molar-refractivity contribution in [3.63, 3.8) is 0 Å². The molecular weight excluding hydrogens is 294 g/mol. The zero-order valence-electron chi connectivity index (χ0n) is 11.1. The number of aryl methyl sites for hydroxylation is 1. The molecule has 0 unspecified atom stereocenters. The van der Waals surface area contributed by atoms with E-state index in [1.807, 2.05) is 0 Å². The van der Waals surface area contributed by atoms with Crippen molar-refractivity contribution in [2.75, 3.05) is 6.61 Å². The smallest absolute Gasteiger partial charge is 0.351 e. The van der Waals surface area contributed by atoms with E-state index in [1.165, 1.54) is 0 Å². The summed E-state index contributed by atoms with van der Waals surface area (Å²) in [7, 11) is 0. The van der Waals surface area contributed by atoms with Crippen molar-refractivity contribution in [1.82, 2.24) is 15.0 Å². The summed E-state index contributed by atoms with van der Waals surface area (Å²) in [4.78, 5) is 36.2. The van der Waals surface area contributed by atoms with E-state index in [0.29, 0.717) is 27.8 Å². The molecule has 8 heteroatoms. The van der Waals surface area contributed by atoms with Crippen LogP contribution in [0.5, 0.6) is 0 Å². The summed E-state index contributed by atoms with van der Waals surface area (Å²) in [5.74, 6) is -0.627. The molecule has 1 atom stereocenters. The van der Waals surface area contributed by atoms with Gasteiger partial charge in [0.25, 0.3) is 0 Å². The van der Waals surface area contributed by atoms with E-state index < -0.39 is 18.0 Å². The molecule has 0 bridgehead atoms. The van der Waals surface area contributed by atoms with Crippen molar-refractivity contribution < 1.29 is 19.1 Å². The fraction of sp³-hybridized carbons (Fsp3) is 0.308. The van der Waals surface area contributed by atoms with Gasteiger partial charge in [0.2, 0.25) is 6.10 Å². The summed E-state index contributed by atoms with van der Waals surface area (Å²) in [5.41, 5.74) is 0.527. The Morgan fingerprint density at radius 2 is 2.19 bits per heavy atom. The lowest BCUT2D eigenvalue weighted by Crippen LogP contribution is -2.22. The molecule has 0 spiro atoms.